The minimum atomic E-state index is -4.50. The fourth-order valence-electron chi connectivity index (χ4n) is 6.69. The maximum Gasteiger partial charge on any atom is 0.416 e. The second-order valence-corrected chi connectivity index (χ2v) is 10.6. The highest BCUT2D eigenvalue weighted by molar-refractivity contribution is 5.84. The van der Waals surface area contributed by atoms with Crippen LogP contribution in [0, 0.1) is 5.92 Å². The van der Waals surface area contributed by atoms with E-state index in [1.807, 2.05) is 24.3 Å². The first kappa shape index (κ1) is 24.7. The molecule has 0 radical (unpaired) electrons. The van der Waals surface area contributed by atoms with E-state index in [0.717, 1.165) is 41.2 Å². The highest BCUT2D eigenvalue weighted by Crippen LogP contribution is 2.45. The zero-order chi connectivity index (χ0) is 26.4. The van der Waals surface area contributed by atoms with Crippen molar-refractivity contribution in [3.05, 3.63) is 95.1 Å². The van der Waals surface area contributed by atoms with Gasteiger partial charge in [0.25, 0.3) is 0 Å². The molecule has 7 heteroatoms. The van der Waals surface area contributed by atoms with Crippen molar-refractivity contribution < 1.29 is 27.5 Å². The zero-order valence-electron chi connectivity index (χ0n) is 20.8. The summed E-state index contributed by atoms with van der Waals surface area (Å²) in [5.41, 5.74) is 3.87. The number of rotatable bonds is 5. The largest absolute Gasteiger partial charge is 0.448 e. The highest BCUT2D eigenvalue weighted by atomic mass is 19.4. The van der Waals surface area contributed by atoms with Crippen LogP contribution in [0.4, 0.5) is 18.0 Å². The van der Waals surface area contributed by atoms with Crippen LogP contribution in [0.25, 0.3) is 11.1 Å². The van der Waals surface area contributed by atoms with Crippen LogP contribution in [-0.4, -0.2) is 35.5 Å². The Morgan fingerprint density at radius 2 is 1.37 bits per heavy atom. The molecule has 2 heterocycles. The van der Waals surface area contributed by atoms with E-state index in [-0.39, 0.29) is 54.4 Å². The van der Waals surface area contributed by atoms with Crippen LogP contribution in [0.3, 0.4) is 0 Å². The third-order valence-corrected chi connectivity index (χ3v) is 8.42. The SMILES string of the molecule is O=C(Cc1ccccc1C(F)(F)F)C1CC2CCC(C1)N2C(=O)OCC1c2ccccc2-c2ccccc21. The summed E-state index contributed by atoms with van der Waals surface area (Å²) in [5, 5.41) is 0. The van der Waals surface area contributed by atoms with Crippen molar-refractivity contribution in [2.75, 3.05) is 6.61 Å². The molecular weight excluding hydrogens is 491 g/mol. The van der Waals surface area contributed by atoms with E-state index in [9.17, 15) is 22.8 Å². The van der Waals surface area contributed by atoms with Crippen molar-refractivity contribution in [1.82, 2.24) is 4.90 Å². The summed E-state index contributed by atoms with van der Waals surface area (Å²) >= 11 is 0. The van der Waals surface area contributed by atoms with E-state index in [4.69, 9.17) is 4.74 Å². The van der Waals surface area contributed by atoms with Crippen molar-refractivity contribution >= 4 is 11.9 Å². The van der Waals surface area contributed by atoms with Gasteiger partial charge >= 0.3 is 12.3 Å². The Morgan fingerprint density at radius 1 is 0.816 bits per heavy atom. The van der Waals surface area contributed by atoms with Gasteiger partial charge in [-0.2, -0.15) is 13.2 Å². The molecule has 3 aromatic carbocycles. The lowest BCUT2D eigenvalue weighted by Crippen LogP contribution is -2.48. The summed E-state index contributed by atoms with van der Waals surface area (Å²) in [6.07, 6.45) is -2.63. The lowest BCUT2D eigenvalue weighted by molar-refractivity contribution is -0.138. The Labute approximate surface area is 219 Å². The van der Waals surface area contributed by atoms with Gasteiger partial charge in [0.1, 0.15) is 12.4 Å². The monoisotopic (exact) mass is 519 g/mol. The maximum atomic E-state index is 13.4. The molecule has 2 aliphatic heterocycles. The van der Waals surface area contributed by atoms with Gasteiger partial charge in [0, 0.05) is 30.3 Å². The van der Waals surface area contributed by atoms with Crippen LogP contribution in [-0.2, 0) is 22.1 Å². The predicted octanol–water partition coefficient (Wildman–Crippen LogP) is 7.01. The second-order valence-electron chi connectivity index (χ2n) is 10.6. The standard InChI is InChI=1S/C31H28F3NO3/c32-31(33,34)28-12-6-1-7-19(28)17-29(36)20-15-21-13-14-22(16-20)35(21)30(37)38-18-27-25-10-4-2-8-23(25)24-9-3-5-11-26(24)27/h1-12,20-22,27H,13-18H2. The number of halogens is 3. The van der Waals surface area contributed by atoms with Gasteiger partial charge in [-0.15, -0.1) is 0 Å². The molecule has 2 unspecified atom stereocenters. The number of ether oxygens (including phenoxy) is 1. The molecule has 3 aliphatic rings. The van der Waals surface area contributed by atoms with Gasteiger partial charge in [-0.25, -0.2) is 4.79 Å². The summed E-state index contributed by atoms with van der Waals surface area (Å²) in [6, 6.07) is 21.3. The van der Waals surface area contributed by atoms with Crippen LogP contribution < -0.4 is 0 Å². The lowest BCUT2D eigenvalue weighted by atomic mass is 9.84. The first-order valence-electron chi connectivity index (χ1n) is 13.1. The van der Waals surface area contributed by atoms with E-state index < -0.39 is 11.7 Å². The van der Waals surface area contributed by atoms with Crippen LogP contribution in [0.15, 0.2) is 72.8 Å². The number of carbonyl (C=O) groups excluding carboxylic acids is 2. The minimum Gasteiger partial charge on any atom is -0.448 e. The summed E-state index contributed by atoms with van der Waals surface area (Å²) in [5.74, 6) is -0.575. The summed E-state index contributed by atoms with van der Waals surface area (Å²) in [7, 11) is 0. The molecule has 0 spiro atoms. The number of piperidine rings is 1. The number of amides is 1. The molecule has 196 valence electrons. The summed E-state index contributed by atoms with van der Waals surface area (Å²) in [4.78, 5) is 28.1. The third-order valence-electron chi connectivity index (χ3n) is 8.42. The summed E-state index contributed by atoms with van der Waals surface area (Å²) in [6.45, 7) is 0.236. The molecule has 6 rings (SSSR count). The molecule has 2 bridgehead atoms. The molecule has 0 aromatic heterocycles. The van der Waals surface area contributed by atoms with Crippen LogP contribution in [0.1, 0.15) is 53.9 Å². The van der Waals surface area contributed by atoms with Crippen molar-refractivity contribution in [3.63, 3.8) is 0 Å². The van der Waals surface area contributed by atoms with E-state index >= 15 is 0 Å². The molecule has 4 nitrogen and oxygen atoms in total. The van der Waals surface area contributed by atoms with Crippen molar-refractivity contribution in [2.24, 2.45) is 5.92 Å². The smallest absolute Gasteiger partial charge is 0.416 e. The van der Waals surface area contributed by atoms with Crippen molar-refractivity contribution in [1.29, 1.82) is 0 Å². The number of carbonyl (C=O) groups is 2. The van der Waals surface area contributed by atoms with Crippen LogP contribution >= 0.6 is 0 Å². The second kappa shape index (κ2) is 9.61. The number of benzene rings is 3. The van der Waals surface area contributed by atoms with Gasteiger partial charge < -0.3 is 9.64 Å². The Hall–Kier alpha value is -3.61. The number of fused-ring (bicyclic) bond motifs is 5. The number of nitrogens with zero attached hydrogens (tertiary/aromatic N) is 1. The first-order valence-corrected chi connectivity index (χ1v) is 13.1. The molecule has 3 aromatic rings. The molecule has 2 saturated heterocycles. The van der Waals surface area contributed by atoms with Gasteiger partial charge in [0.2, 0.25) is 0 Å². The molecule has 2 atom stereocenters. The number of hydrogen-bond donors (Lipinski definition) is 0. The number of ketones is 1. The predicted molar refractivity (Wildman–Crippen MR) is 137 cm³/mol. The quantitative estimate of drug-likeness (QED) is 0.364. The Balaban J connectivity index is 1.11. The number of hydrogen-bond acceptors (Lipinski definition) is 3. The Kier molecular flexibility index (Phi) is 6.25. The summed E-state index contributed by atoms with van der Waals surface area (Å²) < 4.78 is 46.1. The minimum absolute atomic E-state index is 0.0105. The fraction of sp³-hybridized carbons (Fsp3) is 0.355. The third kappa shape index (κ3) is 4.38. The lowest BCUT2D eigenvalue weighted by Gasteiger charge is -2.38. The molecule has 0 saturated carbocycles. The molecule has 38 heavy (non-hydrogen) atoms. The van der Waals surface area contributed by atoms with Gasteiger partial charge in [-0.05, 0) is 59.6 Å². The highest BCUT2D eigenvalue weighted by Gasteiger charge is 2.46. The van der Waals surface area contributed by atoms with Crippen LogP contribution in [0.5, 0.6) is 0 Å². The average Bonchev–Trinajstić information content (AvgIpc) is 3.37. The normalized spacial score (nSPS) is 22.2. The Morgan fingerprint density at radius 3 is 1.97 bits per heavy atom. The number of alkyl halides is 3. The van der Waals surface area contributed by atoms with E-state index in [1.165, 1.54) is 18.2 Å². The average molecular weight is 520 g/mol. The van der Waals surface area contributed by atoms with Crippen LogP contribution in [0.2, 0.25) is 0 Å². The fourth-order valence-corrected chi connectivity index (χ4v) is 6.69. The van der Waals surface area contributed by atoms with Gasteiger partial charge in [0.05, 0.1) is 5.56 Å². The van der Waals surface area contributed by atoms with Gasteiger partial charge in [0.15, 0.2) is 0 Å². The zero-order valence-corrected chi connectivity index (χ0v) is 20.8. The molecule has 0 N–H and O–H groups in total. The van der Waals surface area contributed by atoms with E-state index in [1.54, 1.807) is 4.90 Å². The van der Waals surface area contributed by atoms with Crippen molar-refractivity contribution in [2.45, 2.75) is 56.3 Å². The van der Waals surface area contributed by atoms with Crippen molar-refractivity contribution in [3.8, 4) is 11.1 Å². The topological polar surface area (TPSA) is 46.6 Å². The van der Waals surface area contributed by atoms with E-state index in [2.05, 4.69) is 24.3 Å². The van der Waals surface area contributed by atoms with Gasteiger partial charge in [-0.3, -0.25) is 4.79 Å². The Bertz CT molecular complexity index is 1330. The number of Topliss-reactive ketones (excluding diaryl/α,β-unsaturated/α-hetero) is 1. The molecule has 1 amide bonds. The maximum absolute atomic E-state index is 13.4. The molecule has 1 aliphatic carbocycles. The molecule has 2 fully saturated rings. The van der Waals surface area contributed by atoms with Gasteiger partial charge in [-0.1, -0.05) is 66.7 Å². The molecular formula is C31H28F3NO3. The van der Waals surface area contributed by atoms with E-state index in [0.29, 0.717) is 12.8 Å². The first-order chi connectivity index (χ1) is 18.3.